The molecule has 2 rings (SSSR count). The van der Waals surface area contributed by atoms with Crippen molar-refractivity contribution in [2.24, 2.45) is 5.92 Å². The van der Waals surface area contributed by atoms with Gasteiger partial charge in [-0.1, -0.05) is 20.3 Å². The summed E-state index contributed by atoms with van der Waals surface area (Å²) in [5.74, 6) is -9.55. The molecule has 9 heteroatoms. The van der Waals surface area contributed by atoms with E-state index in [1.165, 1.54) is 0 Å². The molecule has 0 aromatic heterocycles. The molecule has 0 bridgehead atoms. The number of hydrogen-bond acceptors (Lipinski definition) is 2. The molecule has 1 aromatic carbocycles. The minimum atomic E-state index is -2.11. The van der Waals surface area contributed by atoms with E-state index in [0.717, 1.165) is 0 Å². The summed E-state index contributed by atoms with van der Waals surface area (Å²) in [6, 6.07) is -0.836. The fourth-order valence-corrected chi connectivity index (χ4v) is 2.89. The molecule has 0 spiro atoms. The average molecular weight is 395 g/mol. The molecule has 2 nitrogen and oxygen atoms in total. The number of benzene rings is 1. The first-order chi connectivity index (χ1) is 10.4. The average Bonchev–Trinajstić information content (AvgIpc) is 2.55. The van der Waals surface area contributed by atoms with Crippen LogP contribution in [-0.4, -0.2) is 31.1 Å². The molecule has 0 saturated carbocycles. The predicted octanol–water partition coefficient (Wildman–Crippen LogP) is 4.22. The highest BCUT2D eigenvalue weighted by atomic mass is 35.5. The van der Waals surface area contributed by atoms with Gasteiger partial charge in [-0.25, -0.2) is 22.0 Å². The van der Waals surface area contributed by atoms with Gasteiger partial charge in [-0.05, 0) is 5.92 Å². The maximum Gasteiger partial charge on any atom is 0.200 e. The number of hydrogen-bond donors (Lipinski definition) is 1. The van der Waals surface area contributed by atoms with Gasteiger partial charge in [-0.3, -0.25) is 4.90 Å². The summed E-state index contributed by atoms with van der Waals surface area (Å²) in [5, 5.41) is 3.10. The minimum absolute atomic E-state index is 0. The molecular formula is C15H21Cl2F5N2. The van der Waals surface area contributed by atoms with Crippen LogP contribution in [0, 0.1) is 35.0 Å². The van der Waals surface area contributed by atoms with E-state index in [2.05, 4.69) is 5.32 Å². The van der Waals surface area contributed by atoms with Crippen LogP contribution in [0.25, 0.3) is 0 Å². The van der Waals surface area contributed by atoms with Crippen molar-refractivity contribution in [1.29, 1.82) is 0 Å². The van der Waals surface area contributed by atoms with Crippen molar-refractivity contribution in [2.75, 3.05) is 26.2 Å². The summed E-state index contributed by atoms with van der Waals surface area (Å²) in [4.78, 5) is 1.78. The molecule has 0 amide bonds. The lowest BCUT2D eigenvalue weighted by atomic mass is 9.89. The van der Waals surface area contributed by atoms with Gasteiger partial charge in [0.2, 0.25) is 5.82 Å². The second-order valence-electron chi connectivity index (χ2n) is 5.60. The van der Waals surface area contributed by atoms with Crippen LogP contribution in [0.5, 0.6) is 0 Å². The Labute approximate surface area is 150 Å². The SMILES string of the molecule is CCC(C)[C@@H](c1c(F)c(F)c(F)c(F)c1F)N1CCNCC1.Cl.Cl. The normalized spacial score (nSPS) is 17.6. The maximum atomic E-state index is 14.1. The summed E-state index contributed by atoms with van der Waals surface area (Å²) in [6.45, 7) is 5.80. The fraction of sp³-hybridized carbons (Fsp3) is 0.600. The van der Waals surface area contributed by atoms with Crippen LogP contribution in [0.15, 0.2) is 0 Å². The highest BCUT2D eigenvalue weighted by molar-refractivity contribution is 5.85. The molecular weight excluding hydrogens is 374 g/mol. The van der Waals surface area contributed by atoms with Gasteiger partial charge in [0.1, 0.15) is 0 Å². The quantitative estimate of drug-likeness (QED) is 0.467. The Morgan fingerprint density at radius 3 is 1.71 bits per heavy atom. The molecule has 1 aromatic rings. The molecule has 1 aliphatic heterocycles. The highest BCUT2D eigenvalue weighted by Gasteiger charge is 2.36. The smallest absolute Gasteiger partial charge is 0.200 e. The van der Waals surface area contributed by atoms with Crippen molar-refractivity contribution in [2.45, 2.75) is 26.3 Å². The van der Waals surface area contributed by atoms with Gasteiger partial charge in [0.05, 0.1) is 0 Å². The van der Waals surface area contributed by atoms with E-state index in [4.69, 9.17) is 0 Å². The number of piperazine rings is 1. The van der Waals surface area contributed by atoms with Gasteiger partial charge >= 0.3 is 0 Å². The number of rotatable bonds is 4. The Morgan fingerprint density at radius 1 is 0.875 bits per heavy atom. The summed E-state index contributed by atoms with van der Waals surface area (Å²) < 4.78 is 68.5. The molecule has 2 atom stereocenters. The number of nitrogens with one attached hydrogen (secondary N) is 1. The van der Waals surface area contributed by atoms with Gasteiger partial charge < -0.3 is 5.32 Å². The highest BCUT2D eigenvalue weighted by Crippen LogP contribution is 2.36. The molecule has 1 fully saturated rings. The Balaban J connectivity index is 0.00000264. The molecule has 0 aliphatic carbocycles. The predicted molar refractivity (Wildman–Crippen MR) is 87.4 cm³/mol. The van der Waals surface area contributed by atoms with Crippen molar-refractivity contribution < 1.29 is 22.0 Å². The third kappa shape index (κ3) is 4.31. The van der Waals surface area contributed by atoms with Crippen LogP contribution in [-0.2, 0) is 0 Å². The lowest BCUT2D eigenvalue weighted by Gasteiger charge is -2.38. The van der Waals surface area contributed by atoms with Crippen molar-refractivity contribution in [1.82, 2.24) is 10.2 Å². The topological polar surface area (TPSA) is 15.3 Å². The first-order valence-electron chi connectivity index (χ1n) is 7.36. The Bertz CT molecular complexity index is 524. The van der Waals surface area contributed by atoms with Gasteiger partial charge in [0, 0.05) is 37.8 Å². The van der Waals surface area contributed by atoms with Crippen molar-refractivity contribution in [3.8, 4) is 0 Å². The molecule has 24 heavy (non-hydrogen) atoms. The van der Waals surface area contributed by atoms with Gasteiger partial charge in [-0.2, -0.15) is 0 Å². The Hall–Kier alpha value is -0.630. The van der Waals surface area contributed by atoms with Gasteiger partial charge in [0.25, 0.3) is 0 Å². The van der Waals surface area contributed by atoms with Crippen LogP contribution in [0.1, 0.15) is 31.9 Å². The van der Waals surface area contributed by atoms with E-state index in [0.29, 0.717) is 32.6 Å². The van der Waals surface area contributed by atoms with Crippen LogP contribution in [0.4, 0.5) is 22.0 Å². The largest absolute Gasteiger partial charge is 0.314 e. The number of nitrogens with zero attached hydrogens (tertiary/aromatic N) is 1. The first-order valence-corrected chi connectivity index (χ1v) is 7.36. The van der Waals surface area contributed by atoms with Crippen molar-refractivity contribution in [3.63, 3.8) is 0 Å². The summed E-state index contributed by atoms with van der Waals surface area (Å²) in [5.41, 5.74) is -0.715. The van der Waals surface area contributed by atoms with E-state index < -0.39 is 40.7 Å². The zero-order chi connectivity index (χ0) is 16.4. The van der Waals surface area contributed by atoms with E-state index >= 15 is 0 Å². The zero-order valence-electron chi connectivity index (χ0n) is 13.3. The van der Waals surface area contributed by atoms with Crippen LogP contribution in [0.2, 0.25) is 0 Å². The number of halogens is 7. The molecule has 1 aliphatic rings. The van der Waals surface area contributed by atoms with Crippen molar-refractivity contribution in [3.05, 3.63) is 34.6 Å². The Kier molecular flexibility index (Phi) is 9.49. The second kappa shape index (κ2) is 9.75. The van der Waals surface area contributed by atoms with E-state index in [-0.39, 0.29) is 30.7 Å². The summed E-state index contributed by atoms with van der Waals surface area (Å²) in [6.07, 6.45) is 0.564. The molecule has 1 saturated heterocycles. The molecule has 0 radical (unpaired) electrons. The van der Waals surface area contributed by atoms with E-state index in [1.807, 2.05) is 6.92 Å². The minimum Gasteiger partial charge on any atom is -0.314 e. The third-order valence-corrected chi connectivity index (χ3v) is 4.27. The van der Waals surface area contributed by atoms with Crippen molar-refractivity contribution >= 4 is 24.8 Å². The second-order valence-corrected chi connectivity index (χ2v) is 5.60. The summed E-state index contributed by atoms with van der Waals surface area (Å²) >= 11 is 0. The lowest BCUT2D eigenvalue weighted by Crippen LogP contribution is -2.47. The third-order valence-electron chi connectivity index (χ3n) is 4.27. The lowest BCUT2D eigenvalue weighted by molar-refractivity contribution is 0.120. The van der Waals surface area contributed by atoms with Crippen LogP contribution in [0.3, 0.4) is 0 Å². The van der Waals surface area contributed by atoms with Gasteiger partial charge in [0.15, 0.2) is 23.3 Å². The van der Waals surface area contributed by atoms with E-state index in [1.54, 1.807) is 11.8 Å². The monoisotopic (exact) mass is 394 g/mol. The molecule has 140 valence electrons. The zero-order valence-corrected chi connectivity index (χ0v) is 15.0. The van der Waals surface area contributed by atoms with E-state index in [9.17, 15) is 22.0 Å². The standard InChI is InChI=1S/C15H19F5N2.2ClH/c1-3-8(2)15(22-6-4-21-5-7-22)9-10(16)12(18)14(20)13(19)11(9)17;;/h8,15,21H,3-7H2,1-2H3;2*1H/t8?,15-;;/m0../s1. The maximum absolute atomic E-state index is 14.1. The van der Waals surface area contributed by atoms with Crippen LogP contribution < -0.4 is 5.32 Å². The molecule has 1 unspecified atom stereocenters. The fourth-order valence-electron chi connectivity index (χ4n) is 2.89. The Morgan fingerprint density at radius 2 is 1.29 bits per heavy atom. The first kappa shape index (κ1) is 23.4. The summed E-state index contributed by atoms with van der Waals surface area (Å²) in [7, 11) is 0. The van der Waals surface area contributed by atoms with Crippen LogP contribution >= 0.6 is 24.8 Å². The van der Waals surface area contributed by atoms with Gasteiger partial charge in [-0.15, -0.1) is 24.8 Å². The molecule has 1 N–H and O–H groups in total. The molecule has 1 heterocycles.